The lowest BCUT2D eigenvalue weighted by molar-refractivity contribution is -0.134. The monoisotopic (exact) mass is 704 g/mol. The van der Waals surface area contributed by atoms with Crippen molar-refractivity contribution in [2.24, 2.45) is 0 Å². The second kappa shape index (κ2) is 12.7. The predicted octanol–water partition coefficient (Wildman–Crippen LogP) is 5.92. The predicted molar refractivity (Wildman–Crippen MR) is 197 cm³/mol. The fraction of sp³-hybridized carbons (Fsp3) is 0.475. The average Bonchev–Trinajstić information content (AvgIpc) is 3.86. The molecule has 1 spiro atoms. The fourth-order valence-corrected chi connectivity index (χ4v) is 9.11. The van der Waals surface area contributed by atoms with E-state index < -0.39 is 11.2 Å². The van der Waals surface area contributed by atoms with Gasteiger partial charge in [0.05, 0.1) is 28.6 Å². The van der Waals surface area contributed by atoms with Crippen molar-refractivity contribution in [3.63, 3.8) is 0 Å². The number of pyridine rings is 1. The van der Waals surface area contributed by atoms with Crippen LogP contribution in [-0.4, -0.2) is 87.4 Å². The zero-order valence-corrected chi connectivity index (χ0v) is 29.8. The number of benzene rings is 2. The largest absolute Gasteiger partial charge is 0.355 e. The summed E-state index contributed by atoms with van der Waals surface area (Å²) in [6, 6.07) is 13.4. The minimum atomic E-state index is -0.656. The lowest BCUT2D eigenvalue weighted by Crippen LogP contribution is -2.58. The van der Waals surface area contributed by atoms with Gasteiger partial charge in [0.15, 0.2) is 5.82 Å². The highest BCUT2D eigenvalue weighted by molar-refractivity contribution is 6.09. The zero-order chi connectivity index (χ0) is 35.7. The highest BCUT2D eigenvalue weighted by Crippen LogP contribution is 2.52. The van der Waals surface area contributed by atoms with Crippen LogP contribution in [0.5, 0.6) is 0 Å². The first-order valence-electron chi connectivity index (χ1n) is 18.9. The van der Waals surface area contributed by atoms with E-state index in [2.05, 4.69) is 37.1 Å². The Hall–Kier alpha value is -4.84. The first-order valence-corrected chi connectivity index (χ1v) is 18.9. The number of carbonyl (C=O) groups is 3. The number of amides is 3. The lowest BCUT2D eigenvalue weighted by atomic mass is 9.73. The van der Waals surface area contributed by atoms with E-state index in [0.29, 0.717) is 55.1 Å². The smallest absolute Gasteiger partial charge is 0.251 e. The van der Waals surface area contributed by atoms with Gasteiger partial charge in [0.25, 0.3) is 5.91 Å². The van der Waals surface area contributed by atoms with Crippen molar-refractivity contribution in [3.8, 4) is 11.3 Å². The number of hydrogen-bond acceptors (Lipinski definition) is 7. The van der Waals surface area contributed by atoms with Crippen molar-refractivity contribution < 1.29 is 18.8 Å². The van der Waals surface area contributed by atoms with E-state index in [9.17, 15) is 14.4 Å². The van der Waals surface area contributed by atoms with Crippen LogP contribution < -0.4 is 15.5 Å². The van der Waals surface area contributed by atoms with Crippen molar-refractivity contribution in [3.05, 3.63) is 65.7 Å². The molecular weight excluding hydrogens is 659 g/mol. The molecule has 5 heterocycles. The number of likely N-dealkylation sites (tertiary alicyclic amines) is 2. The molecule has 2 N–H and O–H groups in total. The lowest BCUT2D eigenvalue weighted by Gasteiger charge is -2.48. The molecule has 2 aromatic heterocycles. The minimum absolute atomic E-state index is 0.0475. The molecule has 9 rings (SSSR count). The van der Waals surface area contributed by atoms with E-state index in [4.69, 9.17) is 9.97 Å². The average molecular weight is 705 g/mol. The van der Waals surface area contributed by atoms with Gasteiger partial charge in [0.2, 0.25) is 11.8 Å². The first kappa shape index (κ1) is 33.0. The van der Waals surface area contributed by atoms with Crippen LogP contribution in [-0.2, 0) is 15.0 Å². The Morgan fingerprint density at radius 1 is 0.923 bits per heavy atom. The van der Waals surface area contributed by atoms with Gasteiger partial charge in [-0.15, -0.1) is 0 Å². The Bertz CT molecular complexity index is 2090. The molecule has 0 unspecified atom stereocenters. The standard InChI is InChI=1S/C40H45FN8O3/c1-24(50)46-16-12-40(13-17-46)30-10-6-25(19-35(30)49(39(40)52)29-20-28(21-29)47-14-4-3-5-15-47)32-22-34-36(48(23-43-34)27-8-9-27)37(44-32)45-33-18-26(38(51)42-2)7-11-31(33)41/h6-7,10-11,18-19,22-23,27-29H,3-5,8-9,12-17,20-21H2,1-2H3,(H,42,51)(H,44,45)/t28-,29+. The molecule has 3 aliphatic heterocycles. The number of nitrogens with one attached hydrogen (secondary N) is 2. The number of carbonyl (C=O) groups excluding carboxylic acids is 3. The van der Waals surface area contributed by atoms with Crippen LogP contribution in [0.15, 0.2) is 48.8 Å². The van der Waals surface area contributed by atoms with Crippen molar-refractivity contribution >= 4 is 45.9 Å². The van der Waals surface area contributed by atoms with Gasteiger partial charge in [0, 0.05) is 62.0 Å². The SMILES string of the molecule is CNC(=O)c1ccc(F)c(Nc2nc(-c3ccc4c(c3)N([C@H]3C[C@@H](N5CCCCC5)C3)C(=O)C43CCN(C(C)=O)CC3)cc3ncn(C4CC4)c23)c1. The van der Waals surface area contributed by atoms with Crippen LogP contribution in [0.25, 0.3) is 22.3 Å². The summed E-state index contributed by atoms with van der Waals surface area (Å²) in [5, 5.41) is 5.83. The third kappa shape index (κ3) is 5.45. The number of anilines is 3. The molecule has 2 saturated heterocycles. The third-order valence-electron chi connectivity index (χ3n) is 12.3. The van der Waals surface area contributed by atoms with E-state index in [0.717, 1.165) is 66.6 Å². The Morgan fingerprint density at radius 3 is 2.40 bits per heavy atom. The van der Waals surface area contributed by atoms with Crippen LogP contribution in [0, 0.1) is 5.82 Å². The maximum Gasteiger partial charge on any atom is 0.251 e. The second-order valence-corrected chi connectivity index (χ2v) is 15.4. The Balaban J connectivity index is 1.11. The number of halogens is 1. The topological polar surface area (TPSA) is 116 Å². The van der Waals surface area contributed by atoms with Gasteiger partial charge >= 0.3 is 0 Å². The van der Waals surface area contributed by atoms with Crippen molar-refractivity contribution in [1.29, 1.82) is 0 Å². The summed E-state index contributed by atoms with van der Waals surface area (Å²) in [4.78, 5) is 55.8. The summed E-state index contributed by atoms with van der Waals surface area (Å²) in [6.07, 6.45) is 10.8. The van der Waals surface area contributed by atoms with E-state index in [1.54, 1.807) is 14.0 Å². The van der Waals surface area contributed by atoms with Crippen LogP contribution >= 0.6 is 0 Å². The first-order chi connectivity index (χ1) is 25.2. The quantitative estimate of drug-likeness (QED) is 0.246. The zero-order valence-electron chi connectivity index (χ0n) is 29.8. The molecule has 0 radical (unpaired) electrons. The van der Waals surface area contributed by atoms with Crippen molar-refractivity contribution in [2.75, 3.05) is 43.4 Å². The molecule has 270 valence electrons. The Kier molecular flexibility index (Phi) is 8.05. The number of fused-ring (bicyclic) bond motifs is 3. The van der Waals surface area contributed by atoms with E-state index in [1.807, 2.05) is 23.4 Å². The third-order valence-corrected chi connectivity index (χ3v) is 12.3. The molecule has 5 aliphatic rings. The summed E-state index contributed by atoms with van der Waals surface area (Å²) < 4.78 is 17.4. The van der Waals surface area contributed by atoms with Gasteiger partial charge in [-0.25, -0.2) is 14.4 Å². The molecule has 3 amide bonds. The summed E-state index contributed by atoms with van der Waals surface area (Å²) in [6.45, 7) is 5.00. The highest BCUT2D eigenvalue weighted by Gasteiger charge is 2.55. The fourth-order valence-electron chi connectivity index (χ4n) is 9.11. The van der Waals surface area contributed by atoms with E-state index in [-0.39, 0.29) is 29.5 Å². The van der Waals surface area contributed by atoms with E-state index in [1.165, 1.54) is 37.5 Å². The van der Waals surface area contributed by atoms with Crippen molar-refractivity contribution in [1.82, 2.24) is 29.7 Å². The minimum Gasteiger partial charge on any atom is -0.355 e. The molecule has 2 aromatic carbocycles. The van der Waals surface area contributed by atoms with Gasteiger partial charge < -0.3 is 29.9 Å². The normalized spacial score (nSPS) is 22.8. The van der Waals surface area contributed by atoms with Crippen molar-refractivity contribution in [2.45, 2.75) is 88.3 Å². The molecule has 52 heavy (non-hydrogen) atoms. The molecule has 11 nitrogen and oxygen atoms in total. The summed E-state index contributed by atoms with van der Waals surface area (Å²) in [7, 11) is 1.54. The van der Waals surface area contributed by atoms with Gasteiger partial charge in [0.1, 0.15) is 11.3 Å². The number of imidazole rings is 1. The second-order valence-electron chi connectivity index (χ2n) is 15.4. The number of piperidine rings is 2. The van der Waals surface area contributed by atoms with Gasteiger partial charge in [-0.3, -0.25) is 14.4 Å². The maximum absolute atomic E-state index is 15.3. The molecule has 0 bridgehead atoms. The molecule has 4 aromatic rings. The van der Waals surface area contributed by atoms with Gasteiger partial charge in [-0.1, -0.05) is 18.6 Å². The molecule has 0 atom stereocenters. The number of nitrogens with zero attached hydrogens (tertiary/aromatic N) is 6. The molecular formula is C40H45FN8O3. The van der Waals surface area contributed by atoms with Crippen LogP contribution in [0.2, 0.25) is 0 Å². The summed E-state index contributed by atoms with van der Waals surface area (Å²) >= 11 is 0. The number of hydrogen-bond donors (Lipinski definition) is 2. The maximum atomic E-state index is 15.3. The van der Waals surface area contributed by atoms with Crippen LogP contribution in [0.1, 0.15) is 86.7 Å². The van der Waals surface area contributed by atoms with E-state index >= 15 is 4.39 Å². The van der Waals surface area contributed by atoms with Gasteiger partial charge in [-0.05, 0) is 100 Å². The molecule has 2 aliphatic carbocycles. The molecule has 12 heteroatoms. The van der Waals surface area contributed by atoms with Crippen LogP contribution in [0.3, 0.4) is 0 Å². The Labute approximate surface area is 302 Å². The summed E-state index contributed by atoms with van der Waals surface area (Å²) in [5.74, 6) is -0.151. The highest BCUT2D eigenvalue weighted by atomic mass is 19.1. The number of rotatable bonds is 7. The number of aromatic nitrogens is 3. The molecule has 4 fully saturated rings. The molecule has 2 saturated carbocycles. The summed E-state index contributed by atoms with van der Waals surface area (Å²) in [5.41, 5.74) is 4.80. The van der Waals surface area contributed by atoms with Gasteiger partial charge in [-0.2, -0.15) is 0 Å². The Morgan fingerprint density at radius 2 is 1.69 bits per heavy atom. The van der Waals surface area contributed by atoms with Crippen LogP contribution in [0.4, 0.5) is 21.6 Å².